The quantitative estimate of drug-likeness (QED) is 0.751. The molecule has 1 heterocycles. The third-order valence-electron chi connectivity index (χ3n) is 2.21. The minimum Gasteiger partial charge on any atom is -0.288 e. The maximum atomic E-state index is 13.3. The van der Waals surface area contributed by atoms with Crippen molar-refractivity contribution in [2.45, 2.75) is 0 Å². The second kappa shape index (κ2) is 4.37. The molecule has 0 unspecified atom stereocenters. The Morgan fingerprint density at radius 2 is 1.76 bits per heavy atom. The molecule has 17 heavy (non-hydrogen) atoms. The average molecular weight is 237 g/mol. The molecule has 0 bridgehead atoms. The maximum absolute atomic E-state index is 13.3. The topological polar surface area (TPSA) is 30.0 Å². The normalized spacial score (nSPS) is 10.3. The monoisotopic (exact) mass is 237 g/mol. The Morgan fingerprint density at radius 1 is 1.00 bits per heavy atom. The van der Waals surface area contributed by atoms with Gasteiger partial charge in [-0.1, -0.05) is 6.07 Å². The molecule has 1 aromatic carbocycles. The van der Waals surface area contributed by atoms with E-state index in [-0.39, 0.29) is 5.56 Å². The molecule has 0 radical (unpaired) electrons. The summed E-state index contributed by atoms with van der Waals surface area (Å²) >= 11 is 0. The van der Waals surface area contributed by atoms with E-state index >= 15 is 0 Å². The molecule has 1 aromatic heterocycles. The molecular formula is C12H6F3NO. The lowest BCUT2D eigenvalue weighted by atomic mass is 10.0. The van der Waals surface area contributed by atoms with Gasteiger partial charge in [-0.2, -0.15) is 0 Å². The molecule has 0 spiro atoms. The van der Waals surface area contributed by atoms with E-state index in [1.807, 2.05) is 0 Å². The van der Waals surface area contributed by atoms with Crippen LogP contribution in [0.2, 0.25) is 0 Å². The number of pyridine rings is 1. The van der Waals surface area contributed by atoms with Crippen molar-refractivity contribution in [3.63, 3.8) is 0 Å². The molecule has 2 aromatic rings. The molecule has 0 aliphatic heterocycles. The van der Waals surface area contributed by atoms with Crippen molar-refractivity contribution < 1.29 is 18.0 Å². The van der Waals surface area contributed by atoms with Crippen molar-refractivity contribution in [2.75, 3.05) is 0 Å². The number of aromatic nitrogens is 1. The fraction of sp³-hybridized carbons (Fsp3) is 0. The van der Waals surface area contributed by atoms with Gasteiger partial charge in [0.1, 0.15) is 0 Å². The Hall–Kier alpha value is -2.17. The van der Waals surface area contributed by atoms with E-state index in [9.17, 15) is 18.0 Å². The van der Waals surface area contributed by atoms with Crippen molar-refractivity contribution in [3.8, 4) is 0 Å². The van der Waals surface area contributed by atoms with Gasteiger partial charge in [-0.25, -0.2) is 13.2 Å². The summed E-state index contributed by atoms with van der Waals surface area (Å²) in [5, 5.41) is 0. The summed E-state index contributed by atoms with van der Waals surface area (Å²) < 4.78 is 39.5. The number of nitrogens with zero attached hydrogens (tertiary/aromatic N) is 1. The zero-order valence-corrected chi connectivity index (χ0v) is 8.45. The van der Waals surface area contributed by atoms with Gasteiger partial charge < -0.3 is 0 Å². The van der Waals surface area contributed by atoms with E-state index < -0.39 is 28.8 Å². The second-order valence-corrected chi connectivity index (χ2v) is 3.29. The zero-order valence-electron chi connectivity index (χ0n) is 8.45. The van der Waals surface area contributed by atoms with Crippen molar-refractivity contribution in [1.29, 1.82) is 0 Å². The van der Waals surface area contributed by atoms with E-state index in [2.05, 4.69) is 4.98 Å². The molecule has 0 amide bonds. The highest BCUT2D eigenvalue weighted by atomic mass is 19.2. The van der Waals surface area contributed by atoms with Crippen molar-refractivity contribution in [3.05, 3.63) is 65.2 Å². The van der Waals surface area contributed by atoms with Gasteiger partial charge in [0.25, 0.3) is 0 Å². The molecule has 86 valence electrons. The van der Waals surface area contributed by atoms with Gasteiger partial charge >= 0.3 is 0 Å². The standard InChI is InChI=1S/C12H6F3NO/c13-9-3-1-2-8(11(9)15)12(17)7-4-5-16-6-10(7)14/h1-6H. The van der Waals surface area contributed by atoms with E-state index in [1.54, 1.807) is 0 Å². The summed E-state index contributed by atoms with van der Waals surface area (Å²) in [5.74, 6) is -4.22. The van der Waals surface area contributed by atoms with Crippen molar-refractivity contribution in [2.24, 2.45) is 0 Å². The second-order valence-electron chi connectivity index (χ2n) is 3.29. The van der Waals surface area contributed by atoms with E-state index in [1.165, 1.54) is 12.3 Å². The van der Waals surface area contributed by atoms with E-state index in [0.717, 1.165) is 24.4 Å². The molecule has 2 rings (SSSR count). The fourth-order valence-corrected chi connectivity index (χ4v) is 1.38. The highest BCUT2D eigenvalue weighted by molar-refractivity contribution is 6.09. The van der Waals surface area contributed by atoms with Gasteiger partial charge in [0.05, 0.1) is 17.3 Å². The average Bonchev–Trinajstić information content (AvgIpc) is 2.32. The number of hydrogen-bond acceptors (Lipinski definition) is 2. The van der Waals surface area contributed by atoms with E-state index in [0.29, 0.717) is 0 Å². The molecule has 0 fully saturated rings. The molecule has 2 nitrogen and oxygen atoms in total. The first kappa shape index (κ1) is 11.3. The van der Waals surface area contributed by atoms with Crippen LogP contribution in [0.25, 0.3) is 0 Å². The summed E-state index contributed by atoms with van der Waals surface area (Å²) in [6.45, 7) is 0. The number of rotatable bonds is 2. The van der Waals surface area contributed by atoms with Gasteiger partial charge in [-0.3, -0.25) is 9.78 Å². The number of hydrogen-bond donors (Lipinski definition) is 0. The van der Waals surface area contributed by atoms with Crippen LogP contribution in [-0.4, -0.2) is 10.8 Å². The molecule has 0 atom stereocenters. The smallest absolute Gasteiger partial charge is 0.199 e. The Morgan fingerprint density at radius 3 is 2.47 bits per heavy atom. The molecule has 0 N–H and O–H groups in total. The summed E-state index contributed by atoms with van der Waals surface area (Å²) in [6.07, 6.45) is 2.04. The Labute approximate surface area is 94.7 Å². The van der Waals surface area contributed by atoms with Crippen LogP contribution >= 0.6 is 0 Å². The van der Waals surface area contributed by atoms with Crippen LogP contribution in [0.4, 0.5) is 13.2 Å². The van der Waals surface area contributed by atoms with Gasteiger partial charge in [-0.15, -0.1) is 0 Å². The largest absolute Gasteiger partial charge is 0.288 e. The minimum atomic E-state index is -1.28. The molecule has 0 aliphatic rings. The van der Waals surface area contributed by atoms with Crippen molar-refractivity contribution in [1.82, 2.24) is 4.98 Å². The number of benzene rings is 1. The summed E-state index contributed by atoms with van der Waals surface area (Å²) in [5.41, 5.74) is -0.848. The Kier molecular flexibility index (Phi) is 2.91. The lowest BCUT2D eigenvalue weighted by molar-refractivity contribution is 0.103. The van der Waals surface area contributed by atoms with Crippen LogP contribution in [0.1, 0.15) is 15.9 Å². The maximum Gasteiger partial charge on any atom is 0.199 e. The summed E-state index contributed by atoms with van der Waals surface area (Å²) in [4.78, 5) is 15.2. The highest BCUT2D eigenvalue weighted by Gasteiger charge is 2.19. The van der Waals surface area contributed by atoms with E-state index in [4.69, 9.17) is 0 Å². The SMILES string of the molecule is O=C(c1ccncc1F)c1cccc(F)c1F. The molecule has 5 heteroatoms. The first-order chi connectivity index (χ1) is 8.11. The van der Waals surface area contributed by atoms with Gasteiger partial charge in [-0.05, 0) is 18.2 Å². The summed E-state index contributed by atoms with van der Waals surface area (Å²) in [7, 11) is 0. The van der Waals surface area contributed by atoms with Crippen LogP contribution in [0, 0.1) is 17.5 Å². The highest BCUT2D eigenvalue weighted by Crippen LogP contribution is 2.17. The lowest BCUT2D eigenvalue weighted by Gasteiger charge is -2.03. The zero-order chi connectivity index (χ0) is 12.4. The number of ketones is 1. The van der Waals surface area contributed by atoms with Crippen LogP contribution < -0.4 is 0 Å². The first-order valence-electron chi connectivity index (χ1n) is 4.69. The minimum absolute atomic E-state index is 0.343. The number of carbonyl (C=O) groups is 1. The lowest BCUT2D eigenvalue weighted by Crippen LogP contribution is -2.08. The van der Waals surface area contributed by atoms with Gasteiger partial charge in [0.15, 0.2) is 23.2 Å². The Bertz CT molecular complexity index is 584. The van der Waals surface area contributed by atoms with Crippen molar-refractivity contribution >= 4 is 5.78 Å². The first-order valence-corrected chi connectivity index (χ1v) is 4.69. The molecular weight excluding hydrogens is 231 g/mol. The third-order valence-corrected chi connectivity index (χ3v) is 2.21. The molecule has 0 aliphatic carbocycles. The van der Waals surface area contributed by atoms with Gasteiger partial charge in [0.2, 0.25) is 0 Å². The number of halogens is 3. The fourth-order valence-electron chi connectivity index (χ4n) is 1.38. The predicted octanol–water partition coefficient (Wildman–Crippen LogP) is 2.73. The number of carbonyl (C=O) groups excluding carboxylic acids is 1. The third kappa shape index (κ3) is 2.04. The van der Waals surface area contributed by atoms with Crippen LogP contribution in [0.5, 0.6) is 0 Å². The van der Waals surface area contributed by atoms with Crippen LogP contribution in [-0.2, 0) is 0 Å². The van der Waals surface area contributed by atoms with Crippen LogP contribution in [0.15, 0.2) is 36.7 Å². The van der Waals surface area contributed by atoms with Gasteiger partial charge in [0, 0.05) is 6.20 Å². The Balaban J connectivity index is 2.52. The summed E-state index contributed by atoms with van der Waals surface area (Å²) in [6, 6.07) is 4.28. The van der Waals surface area contributed by atoms with Crippen LogP contribution in [0.3, 0.4) is 0 Å². The molecule has 0 saturated heterocycles. The predicted molar refractivity (Wildman–Crippen MR) is 54.0 cm³/mol. The molecule has 0 saturated carbocycles.